The first-order chi connectivity index (χ1) is 9.06. The number of carbonyl (C=O) groups excluding carboxylic acids is 2. The van der Waals surface area contributed by atoms with E-state index >= 15 is 0 Å². The minimum Gasteiger partial charge on any atom is -0.383 e. The number of nitrogens with zero attached hydrogens (tertiary/aromatic N) is 2. The average Bonchev–Trinajstić information content (AvgIpc) is 2.42. The summed E-state index contributed by atoms with van der Waals surface area (Å²) in [6, 6.07) is 0. The van der Waals surface area contributed by atoms with Crippen molar-refractivity contribution in [2.75, 3.05) is 53.0 Å². The van der Waals surface area contributed by atoms with Crippen LogP contribution in [0.5, 0.6) is 0 Å². The molecule has 110 valence electrons. The Bertz CT molecular complexity index is 300. The van der Waals surface area contributed by atoms with E-state index in [0.29, 0.717) is 45.9 Å². The third kappa shape index (κ3) is 5.16. The van der Waals surface area contributed by atoms with Gasteiger partial charge in [0.05, 0.1) is 13.2 Å². The second kappa shape index (κ2) is 8.12. The van der Waals surface area contributed by atoms with Gasteiger partial charge in [-0.15, -0.1) is 0 Å². The van der Waals surface area contributed by atoms with E-state index in [1.165, 1.54) is 0 Å². The lowest BCUT2D eigenvalue weighted by Gasteiger charge is -2.35. The molecule has 0 aliphatic carbocycles. The van der Waals surface area contributed by atoms with E-state index in [1.54, 1.807) is 7.11 Å². The summed E-state index contributed by atoms with van der Waals surface area (Å²) in [6.45, 7) is 7.95. The summed E-state index contributed by atoms with van der Waals surface area (Å²) in [6.07, 6.45) is 0. The van der Waals surface area contributed by atoms with E-state index in [2.05, 4.69) is 5.32 Å². The predicted molar refractivity (Wildman–Crippen MR) is 72.7 cm³/mol. The zero-order valence-electron chi connectivity index (χ0n) is 12.1. The van der Waals surface area contributed by atoms with Gasteiger partial charge in [-0.2, -0.15) is 0 Å². The molecule has 0 unspecified atom stereocenters. The van der Waals surface area contributed by atoms with Crippen LogP contribution in [0.4, 0.5) is 0 Å². The van der Waals surface area contributed by atoms with Crippen LogP contribution in [0.3, 0.4) is 0 Å². The zero-order valence-corrected chi connectivity index (χ0v) is 12.1. The first-order valence-electron chi connectivity index (χ1n) is 6.82. The topological polar surface area (TPSA) is 61.9 Å². The van der Waals surface area contributed by atoms with Crippen LogP contribution in [-0.4, -0.2) is 74.6 Å². The quantitative estimate of drug-likeness (QED) is 0.665. The van der Waals surface area contributed by atoms with Crippen molar-refractivity contribution in [2.24, 2.45) is 5.92 Å². The molecule has 1 aliphatic rings. The third-order valence-corrected chi connectivity index (χ3v) is 3.20. The number of nitrogens with one attached hydrogen (secondary N) is 1. The Labute approximate surface area is 115 Å². The van der Waals surface area contributed by atoms with E-state index in [1.807, 2.05) is 23.6 Å². The van der Waals surface area contributed by atoms with Crippen molar-refractivity contribution in [1.82, 2.24) is 15.1 Å². The molecule has 1 rings (SSSR count). The first-order valence-corrected chi connectivity index (χ1v) is 6.82. The molecule has 19 heavy (non-hydrogen) atoms. The molecule has 1 saturated heterocycles. The monoisotopic (exact) mass is 271 g/mol. The maximum atomic E-state index is 11.9. The number of methoxy groups -OCH3 is 1. The third-order valence-electron chi connectivity index (χ3n) is 3.20. The molecule has 1 fully saturated rings. The minimum absolute atomic E-state index is 0.0259. The summed E-state index contributed by atoms with van der Waals surface area (Å²) in [7, 11) is 1.63. The van der Waals surface area contributed by atoms with Crippen molar-refractivity contribution in [2.45, 2.75) is 13.8 Å². The van der Waals surface area contributed by atoms with E-state index in [-0.39, 0.29) is 17.7 Å². The summed E-state index contributed by atoms with van der Waals surface area (Å²) >= 11 is 0. The molecule has 0 aromatic carbocycles. The molecule has 1 aliphatic heterocycles. The van der Waals surface area contributed by atoms with Gasteiger partial charge in [0.1, 0.15) is 0 Å². The Hall–Kier alpha value is -1.14. The molecule has 1 heterocycles. The van der Waals surface area contributed by atoms with Crippen molar-refractivity contribution in [3.05, 3.63) is 0 Å². The fourth-order valence-electron chi connectivity index (χ4n) is 2.02. The number of carbonyl (C=O) groups is 2. The van der Waals surface area contributed by atoms with E-state index in [0.717, 1.165) is 0 Å². The standard InChI is InChI=1S/C13H25N3O3/c1-11(2)13(18)16-7-5-15(6-8-16)12(17)10-14-4-9-19-3/h11,14H,4-10H2,1-3H3. The number of rotatable bonds is 6. The molecule has 0 radical (unpaired) electrons. The average molecular weight is 271 g/mol. The lowest BCUT2D eigenvalue weighted by molar-refractivity contribution is -0.141. The number of hydrogen-bond donors (Lipinski definition) is 1. The molecule has 0 bridgehead atoms. The minimum atomic E-state index is 0.0259. The second-order valence-corrected chi connectivity index (χ2v) is 5.03. The zero-order chi connectivity index (χ0) is 14.3. The van der Waals surface area contributed by atoms with Crippen molar-refractivity contribution in [3.8, 4) is 0 Å². The van der Waals surface area contributed by atoms with Crippen LogP contribution >= 0.6 is 0 Å². The van der Waals surface area contributed by atoms with Gasteiger partial charge >= 0.3 is 0 Å². The van der Waals surface area contributed by atoms with Crippen molar-refractivity contribution >= 4 is 11.8 Å². The highest BCUT2D eigenvalue weighted by Crippen LogP contribution is 2.07. The Morgan fingerprint density at radius 1 is 1.16 bits per heavy atom. The van der Waals surface area contributed by atoms with Gasteiger partial charge in [0.15, 0.2) is 0 Å². The van der Waals surface area contributed by atoms with Crippen molar-refractivity contribution < 1.29 is 14.3 Å². The highest BCUT2D eigenvalue weighted by atomic mass is 16.5. The number of piperazine rings is 1. The fourth-order valence-corrected chi connectivity index (χ4v) is 2.02. The van der Waals surface area contributed by atoms with Crippen LogP contribution in [0.25, 0.3) is 0 Å². The van der Waals surface area contributed by atoms with Gasteiger partial charge in [-0.05, 0) is 0 Å². The Morgan fingerprint density at radius 2 is 1.74 bits per heavy atom. The second-order valence-electron chi connectivity index (χ2n) is 5.03. The summed E-state index contributed by atoms with van der Waals surface area (Å²) in [4.78, 5) is 27.4. The van der Waals surface area contributed by atoms with Crippen molar-refractivity contribution in [3.63, 3.8) is 0 Å². The predicted octanol–water partition coefficient (Wildman–Crippen LogP) is -0.451. The summed E-state index contributed by atoms with van der Waals surface area (Å²) in [5, 5.41) is 3.04. The largest absolute Gasteiger partial charge is 0.383 e. The van der Waals surface area contributed by atoms with Crippen LogP contribution in [0, 0.1) is 5.92 Å². The SMILES string of the molecule is COCCNCC(=O)N1CCN(C(=O)C(C)C)CC1. The Kier molecular flexibility index (Phi) is 6.80. The number of hydrogen-bond acceptors (Lipinski definition) is 4. The van der Waals surface area contributed by atoms with Gasteiger partial charge in [-0.1, -0.05) is 13.8 Å². The summed E-state index contributed by atoms with van der Waals surface area (Å²) in [5.74, 6) is 0.288. The molecule has 6 heteroatoms. The molecular formula is C13H25N3O3. The van der Waals surface area contributed by atoms with Gasteiger partial charge < -0.3 is 19.9 Å². The fraction of sp³-hybridized carbons (Fsp3) is 0.846. The van der Waals surface area contributed by atoms with Gasteiger partial charge in [-0.3, -0.25) is 9.59 Å². The van der Waals surface area contributed by atoms with Crippen LogP contribution < -0.4 is 5.32 Å². The Balaban J connectivity index is 2.25. The lowest BCUT2D eigenvalue weighted by atomic mass is 10.1. The Morgan fingerprint density at radius 3 is 2.26 bits per heavy atom. The van der Waals surface area contributed by atoms with Gasteiger partial charge in [0, 0.05) is 45.8 Å². The highest BCUT2D eigenvalue weighted by molar-refractivity contribution is 5.80. The summed E-state index contributed by atoms with van der Waals surface area (Å²) < 4.78 is 4.90. The first kappa shape index (κ1) is 15.9. The van der Waals surface area contributed by atoms with Crippen LogP contribution in [-0.2, 0) is 14.3 Å². The number of amides is 2. The normalized spacial score (nSPS) is 16.0. The smallest absolute Gasteiger partial charge is 0.236 e. The molecule has 0 spiro atoms. The molecule has 0 atom stereocenters. The van der Waals surface area contributed by atoms with Crippen LogP contribution in [0.2, 0.25) is 0 Å². The maximum Gasteiger partial charge on any atom is 0.236 e. The molecule has 0 saturated carbocycles. The highest BCUT2D eigenvalue weighted by Gasteiger charge is 2.24. The lowest BCUT2D eigenvalue weighted by Crippen LogP contribution is -2.53. The van der Waals surface area contributed by atoms with E-state index < -0.39 is 0 Å². The van der Waals surface area contributed by atoms with Crippen LogP contribution in [0.1, 0.15) is 13.8 Å². The molecule has 1 N–H and O–H groups in total. The molecule has 0 aromatic rings. The molecule has 2 amide bonds. The maximum absolute atomic E-state index is 11.9. The van der Waals surface area contributed by atoms with Crippen molar-refractivity contribution in [1.29, 1.82) is 0 Å². The van der Waals surface area contributed by atoms with Gasteiger partial charge in [0.2, 0.25) is 11.8 Å². The van der Waals surface area contributed by atoms with Crippen LogP contribution in [0.15, 0.2) is 0 Å². The summed E-state index contributed by atoms with van der Waals surface area (Å²) in [5.41, 5.74) is 0. The molecule has 6 nitrogen and oxygen atoms in total. The van der Waals surface area contributed by atoms with E-state index in [9.17, 15) is 9.59 Å². The van der Waals surface area contributed by atoms with Gasteiger partial charge in [0.25, 0.3) is 0 Å². The van der Waals surface area contributed by atoms with Gasteiger partial charge in [-0.25, -0.2) is 0 Å². The van der Waals surface area contributed by atoms with E-state index in [4.69, 9.17) is 4.74 Å². The number of ether oxygens (including phenoxy) is 1. The molecular weight excluding hydrogens is 246 g/mol. The molecule has 0 aromatic heterocycles.